The van der Waals surface area contributed by atoms with E-state index in [1.807, 2.05) is 0 Å². The highest BCUT2D eigenvalue weighted by Crippen LogP contribution is 2.20. The highest BCUT2D eigenvalue weighted by atomic mass is 15.2. The summed E-state index contributed by atoms with van der Waals surface area (Å²) in [5.41, 5.74) is 3.76. The van der Waals surface area contributed by atoms with Crippen LogP contribution in [-0.2, 0) is 13.0 Å². The van der Waals surface area contributed by atoms with Crippen LogP contribution in [0.3, 0.4) is 0 Å². The lowest BCUT2D eigenvalue weighted by atomic mass is 10.1. The Labute approximate surface area is 102 Å². The average molecular weight is 229 g/mol. The summed E-state index contributed by atoms with van der Waals surface area (Å²) in [5.74, 6) is 0.732. The molecule has 0 saturated carbocycles. The Kier molecular flexibility index (Phi) is 2.63. The first-order chi connectivity index (χ1) is 8.24. The summed E-state index contributed by atoms with van der Waals surface area (Å²) in [4.78, 5) is 7.24. The number of imidazole rings is 1. The molecule has 17 heavy (non-hydrogen) atoms. The summed E-state index contributed by atoms with van der Waals surface area (Å²) in [5, 5.41) is 0. The molecule has 0 bridgehead atoms. The molecule has 0 amide bonds. The van der Waals surface area contributed by atoms with E-state index >= 15 is 0 Å². The first kappa shape index (κ1) is 10.8. The molecular formula is C14H19N3. The van der Waals surface area contributed by atoms with Crippen LogP contribution in [0.4, 0.5) is 0 Å². The number of nitrogens with zero attached hydrogens (tertiary/aromatic N) is 3. The van der Waals surface area contributed by atoms with Crippen LogP contribution in [-0.4, -0.2) is 27.4 Å². The van der Waals surface area contributed by atoms with E-state index in [2.05, 4.69) is 47.5 Å². The van der Waals surface area contributed by atoms with E-state index in [1.54, 1.807) is 0 Å². The molecule has 3 heteroatoms. The Morgan fingerprint density at radius 2 is 2.24 bits per heavy atom. The van der Waals surface area contributed by atoms with Crippen LogP contribution in [0, 0.1) is 5.92 Å². The van der Waals surface area contributed by atoms with Gasteiger partial charge in [-0.15, -0.1) is 0 Å². The SMILES string of the molecule is CC(C)CN1CCc2nc3ccccn3c2C1. The molecule has 0 N–H and O–H groups in total. The first-order valence-electron chi connectivity index (χ1n) is 6.41. The van der Waals surface area contributed by atoms with Crippen LogP contribution in [0.1, 0.15) is 25.2 Å². The van der Waals surface area contributed by atoms with Crippen LogP contribution < -0.4 is 0 Å². The van der Waals surface area contributed by atoms with Gasteiger partial charge in [-0.05, 0) is 18.1 Å². The molecule has 3 nitrogen and oxygen atoms in total. The van der Waals surface area contributed by atoms with Gasteiger partial charge in [0.05, 0.1) is 11.4 Å². The molecule has 3 rings (SSSR count). The van der Waals surface area contributed by atoms with Gasteiger partial charge in [0.2, 0.25) is 0 Å². The highest BCUT2D eigenvalue weighted by Gasteiger charge is 2.21. The molecule has 3 heterocycles. The quantitative estimate of drug-likeness (QED) is 0.788. The molecule has 0 atom stereocenters. The molecular weight excluding hydrogens is 210 g/mol. The van der Waals surface area contributed by atoms with E-state index < -0.39 is 0 Å². The van der Waals surface area contributed by atoms with Crippen molar-refractivity contribution in [1.29, 1.82) is 0 Å². The molecule has 1 aliphatic heterocycles. The van der Waals surface area contributed by atoms with E-state index in [9.17, 15) is 0 Å². The molecule has 1 aliphatic rings. The Morgan fingerprint density at radius 1 is 1.35 bits per heavy atom. The number of hydrogen-bond acceptors (Lipinski definition) is 2. The number of rotatable bonds is 2. The minimum Gasteiger partial charge on any atom is -0.302 e. The van der Waals surface area contributed by atoms with Gasteiger partial charge in [-0.1, -0.05) is 19.9 Å². The molecule has 2 aromatic heterocycles. The van der Waals surface area contributed by atoms with E-state index in [-0.39, 0.29) is 0 Å². The number of pyridine rings is 1. The number of fused-ring (bicyclic) bond motifs is 3. The molecule has 90 valence electrons. The average Bonchev–Trinajstić information content (AvgIpc) is 2.66. The Hall–Kier alpha value is -1.35. The van der Waals surface area contributed by atoms with E-state index in [0.717, 1.165) is 31.1 Å². The molecule has 0 radical (unpaired) electrons. The van der Waals surface area contributed by atoms with Gasteiger partial charge in [-0.3, -0.25) is 4.90 Å². The Morgan fingerprint density at radius 3 is 3.06 bits per heavy atom. The van der Waals surface area contributed by atoms with Crippen molar-refractivity contribution in [2.45, 2.75) is 26.8 Å². The maximum atomic E-state index is 4.70. The van der Waals surface area contributed by atoms with Gasteiger partial charge >= 0.3 is 0 Å². The zero-order valence-corrected chi connectivity index (χ0v) is 10.6. The molecule has 0 spiro atoms. The lowest BCUT2D eigenvalue weighted by molar-refractivity contribution is 0.222. The molecule has 2 aromatic rings. The third kappa shape index (κ3) is 1.95. The fourth-order valence-electron chi connectivity index (χ4n) is 2.69. The zero-order valence-electron chi connectivity index (χ0n) is 10.6. The van der Waals surface area contributed by atoms with E-state index in [0.29, 0.717) is 0 Å². The monoisotopic (exact) mass is 229 g/mol. The second kappa shape index (κ2) is 4.15. The van der Waals surface area contributed by atoms with Crippen LogP contribution in [0.15, 0.2) is 24.4 Å². The first-order valence-corrected chi connectivity index (χ1v) is 6.41. The molecule has 0 fully saturated rings. The second-order valence-corrected chi connectivity index (χ2v) is 5.31. The van der Waals surface area contributed by atoms with Crippen LogP contribution in [0.2, 0.25) is 0 Å². The summed E-state index contributed by atoms with van der Waals surface area (Å²) >= 11 is 0. The summed E-state index contributed by atoms with van der Waals surface area (Å²) < 4.78 is 2.24. The second-order valence-electron chi connectivity index (χ2n) is 5.31. The van der Waals surface area contributed by atoms with Crippen LogP contribution in [0.5, 0.6) is 0 Å². The fraction of sp³-hybridized carbons (Fsp3) is 0.500. The zero-order chi connectivity index (χ0) is 11.8. The van der Waals surface area contributed by atoms with Gasteiger partial charge < -0.3 is 4.40 Å². The van der Waals surface area contributed by atoms with Crippen molar-refractivity contribution in [1.82, 2.24) is 14.3 Å². The van der Waals surface area contributed by atoms with Crippen molar-refractivity contribution < 1.29 is 0 Å². The standard InChI is InChI=1S/C14H19N3/c1-11(2)9-16-8-6-12-13(10-16)17-7-4-3-5-14(17)15-12/h3-5,7,11H,6,8-10H2,1-2H3. The third-order valence-electron chi connectivity index (χ3n) is 3.37. The number of aromatic nitrogens is 2. The predicted octanol–water partition coefficient (Wildman–Crippen LogP) is 2.35. The fourth-order valence-corrected chi connectivity index (χ4v) is 2.69. The lowest BCUT2D eigenvalue weighted by Gasteiger charge is -2.27. The van der Waals surface area contributed by atoms with Gasteiger partial charge in [-0.2, -0.15) is 0 Å². The van der Waals surface area contributed by atoms with E-state index in [4.69, 9.17) is 4.98 Å². The predicted molar refractivity (Wildman–Crippen MR) is 69.0 cm³/mol. The summed E-state index contributed by atoms with van der Waals surface area (Å²) in [7, 11) is 0. The molecule has 0 aromatic carbocycles. The van der Waals surface area contributed by atoms with Crippen molar-refractivity contribution in [3.05, 3.63) is 35.8 Å². The van der Waals surface area contributed by atoms with Crippen molar-refractivity contribution in [3.8, 4) is 0 Å². The smallest absolute Gasteiger partial charge is 0.137 e. The topological polar surface area (TPSA) is 20.5 Å². The Balaban J connectivity index is 1.95. The van der Waals surface area contributed by atoms with Gasteiger partial charge in [0, 0.05) is 32.3 Å². The normalized spacial score (nSPS) is 16.6. The van der Waals surface area contributed by atoms with Crippen molar-refractivity contribution in [2.75, 3.05) is 13.1 Å². The van der Waals surface area contributed by atoms with Crippen LogP contribution in [0.25, 0.3) is 5.65 Å². The molecule has 0 unspecified atom stereocenters. The number of hydrogen-bond donors (Lipinski definition) is 0. The lowest BCUT2D eigenvalue weighted by Crippen LogP contribution is -2.33. The summed E-state index contributed by atoms with van der Waals surface area (Å²) in [6.07, 6.45) is 3.21. The maximum Gasteiger partial charge on any atom is 0.137 e. The van der Waals surface area contributed by atoms with E-state index in [1.165, 1.54) is 17.9 Å². The minimum absolute atomic E-state index is 0.732. The van der Waals surface area contributed by atoms with Crippen molar-refractivity contribution >= 4 is 5.65 Å². The Bertz CT molecular complexity index is 527. The minimum atomic E-state index is 0.732. The van der Waals surface area contributed by atoms with Gasteiger partial charge in [0.15, 0.2) is 0 Å². The summed E-state index contributed by atoms with van der Waals surface area (Å²) in [6.45, 7) is 7.93. The summed E-state index contributed by atoms with van der Waals surface area (Å²) in [6, 6.07) is 6.22. The molecule has 0 aliphatic carbocycles. The van der Waals surface area contributed by atoms with Gasteiger partial charge in [0.25, 0.3) is 0 Å². The van der Waals surface area contributed by atoms with Gasteiger partial charge in [-0.25, -0.2) is 4.98 Å². The van der Waals surface area contributed by atoms with Crippen molar-refractivity contribution in [2.24, 2.45) is 5.92 Å². The molecule has 0 saturated heterocycles. The van der Waals surface area contributed by atoms with Gasteiger partial charge in [0.1, 0.15) is 5.65 Å². The van der Waals surface area contributed by atoms with Crippen LogP contribution >= 0.6 is 0 Å². The van der Waals surface area contributed by atoms with Crippen molar-refractivity contribution in [3.63, 3.8) is 0 Å². The third-order valence-corrected chi connectivity index (χ3v) is 3.37. The maximum absolute atomic E-state index is 4.70. The largest absolute Gasteiger partial charge is 0.302 e. The highest BCUT2D eigenvalue weighted by molar-refractivity contribution is 5.43.